The van der Waals surface area contributed by atoms with E-state index in [0.29, 0.717) is 43.6 Å². The number of ether oxygens (including phenoxy) is 2. The molecule has 144 valence electrons. The lowest BCUT2D eigenvalue weighted by atomic mass is 10.2. The molecular formula is C18H24N6O3. The molecule has 1 saturated heterocycles. The Hall–Kier alpha value is -2.94. The van der Waals surface area contributed by atoms with Crippen LogP contribution in [0.3, 0.4) is 0 Å². The van der Waals surface area contributed by atoms with E-state index in [9.17, 15) is 4.79 Å². The average Bonchev–Trinajstić information content (AvgIpc) is 2.71. The lowest BCUT2D eigenvalue weighted by molar-refractivity contribution is 0.0954. The van der Waals surface area contributed by atoms with Crippen molar-refractivity contribution >= 4 is 17.5 Å². The Labute approximate surface area is 158 Å². The van der Waals surface area contributed by atoms with Gasteiger partial charge in [-0.1, -0.05) is 0 Å². The monoisotopic (exact) mass is 372 g/mol. The van der Waals surface area contributed by atoms with Crippen LogP contribution in [-0.2, 0) is 4.74 Å². The highest BCUT2D eigenvalue weighted by Gasteiger charge is 2.14. The summed E-state index contributed by atoms with van der Waals surface area (Å²) >= 11 is 0. The normalized spacial score (nSPS) is 13.9. The van der Waals surface area contributed by atoms with Crippen molar-refractivity contribution in [1.29, 1.82) is 0 Å². The molecule has 2 N–H and O–H groups in total. The minimum Gasteiger partial charge on any atom is -0.481 e. The molecule has 27 heavy (non-hydrogen) atoms. The summed E-state index contributed by atoms with van der Waals surface area (Å²) in [5, 5.41) is 6.08. The van der Waals surface area contributed by atoms with Crippen LogP contribution in [0.5, 0.6) is 5.88 Å². The zero-order chi connectivity index (χ0) is 19.1. The van der Waals surface area contributed by atoms with E-state index < -0.39 is 0 Å². The summed E-state index contributed by atoms with van der Waals surface area (Å²) in [6.07, 6.45) is 1.49. The number of aryl methyl sites for hydroxylation is 1. The summed E-state index contributed by atoms with van der Waals surface area (Å²) in [5.41, 5.74) is 0.489. The van der Waals surface area contributed by atoms with Crippen LogP contribution in [0.25, 0.3) is 0 Å². The van der Waals surface area contributed by atoms with Gasteiger partial charge in [-0.15, -0.1) is 0 Å². The van der Waals surface area contributed by atoms with Crippen molar-refractivity contribution < 1.29 is 14.3 Å². The van der Waals surface area contributed by atoms with Crippen molar-refractivity contribution in [1.82, 2.24) is 20.3 Å². The molecule has 9 heteroatoms. The third-order valence-corrected chi connectivity index (χ3v) is 4.08. The lowest BCUT2D eigenvalue weighted by Crippen LogP contribution is -2.37. The van der Waals surface area contributed by atoms with Crippen LogP contribution in [0.2, 0.25) is 0 Å². The van der Waals surface area contributed by atoms with Crippen LogP contribution in [0.1, 0.15) is 16.2 Å². The minimum absolute atomic E-state index is 0.181. The lowest BCUT2D eigenvalue weighted by Gasteiger charge is -2.28. The van der Waals surface area contributed by atoms with Crippen molar-refractivity contribution in [2.45, 2.75) is 6.92 Å². The standard InChI is InChI=1S/C18H24N6O3/c1-13-22-15(11-16(23-13)24-7-9-27-10-8-24)19-5-6-20-18(25)14-3-4-17(26-2)21-12-14/h3-4,11-12H,5-10H2,1-2H3,(H,20,25)(H,19,22,23). The molecule has 1 amide bonds. The summed E-state index contributed by atoms with van der Waals surface area (Å²) in [6.45, 7) is 5.93. The molecule has 0 saturated carbocycles. The number of pyridine rings is 1. The summed E-state index contributed by atoms with van der Waals surface area (Å²) in [5.74, 6) is 2.63. The highest BCUT2D eigenvalue weighted by atomic mass is 16.5. The van der Waals surface area contributed by atoms with Gasteiger partial charge < -0.3 is 25.0 Å². The molecule has 9 nitrogen and oxygen atoms in total. The molecule has 0 unspecified atom stereocenters. The molecule has 0 aromatic carbocycles. The number of aromatic nitrogens is 3. The minimum atomic E-state index is -0.181. The maximum absolute atomic E-state index is 12.1. The first-order valence-electron chi connectivity index (χ1n) is 8.86. The Kier molecular flexibility index (Phi) is 6.37. The second-order valence-electron chi connectivity index (χ2n) is 6.03. The van der Waals surface area contributed by atoms with Crippen molar-refractivity contribution in [2.75, 3.05) is 56.7 Å². The molecule has 2 aromatic heterocycles. The van der Waals surface area contributed by atoms with Gasteiger partial charge in [-0.05, 0) is 13.0 Å². The number of nitrogens with one attached hydrogen (secondary N) is 2. The van der Waals surface area contributed by atoms with Crippen molar-refractivity contribution in [3.63, 3.8) is 0 Å². The fourth-order valence-electron chi connectivity index (χ4n) is 2.70. The molecule has 1 aliphatic rings. The first-order valence-corrected chi connectivity index (χ1v) is 8.86. The van der Waals surface area contributed by atoms with Crippen molar-refractivity contribution in [3.8, 4) is 5.88 Å². The fraction of sp³-hybridized carbons (Fsp3) is 0.444. The number of carbonyl (C=O) groups is 1. The number of nitrogens with zero attached hydrogens (tertiary/aromatic N) is 4. The van der Waals surface area contributed by atoms with Gasteiger partial charge in [0, 0.05) is 44.5 Å². The summed E-state index contributed by atoms with van der Waals surface area (Å²) in [6, 6.07) is 5.26. The van der Waals surface area contributed by atoms with Gasteiger partial charge in [0.05, 0.1) is 25.9 Å². The van der Waals surface area contributed by atoms with Crippen LogP contribution in [-0.4, -0.2) is 67.4 Å². The van der Waals surface area contributed by atoms with E-state index in [2.05, 4.69) is 30.5 Å². The maximum Gasteiger partial charge on any atom is 0.252 e. The molecule has 0 atom stereocenters. The smallest absolute Gasteiger partial charge is 0.252 e. The van der Waals surface area contributed by atoms with Crippen LogP contribution < -0.4 is 20.3 Å². The number of methoxy groups -OCH3 is 1. The Balaban J connectivity index is 1.49. The SMILES string of the molecule is COc1ccc(C(=O)NCCNc2cc(N3CCOCC3)nc(C)n2)cn1. The average molecular weight is 372 g/mol. The number of hydrogen-bond donors (Lipinski definition) is 2. The summed E-state index contributed by atoms with van der Waals surface area (Å²) in [7, 11) is 1.53. The van der Waals surface area contributed by atoms with Gasteiger partial charge in [0.1, 0.15) is 17.5 Å². The second-order valence-corrected chi connectivity index (χ2v) is 6.03. The second kappa shape index (κ2) is 9.13. The molecule has 3 heterocycles. The van der Waals surface area contributed by atoms with E-state index in [4.69, 9.17) is 9.47 Å². The third kappa shape index (κ3) is 5.27. The molecular weight excluding hydrogens is 348 g/mol. The van der Waals surface area contributed by atoms with E-state index in [1.807, 2.05) is 13.0 Å². The highest BCUT2D eigenvalue weighted by Crippen LogP contribution is 2.17. The van der Waals surface area contributed by atoms with Gasteiger partial charge >= 0.3 is 0 Å². The zero-order valence-electron chi connectivity index (χ0n) is 15.6. The topological polar surface area (TPSA) is 102 Å². The predicted octanol–water partition coefficient (Wildman–Crippen LogP) is 0.867. The molecule has 2 aromatic rings. The van der Waals surface area contributed by atoms with Gasteiger partial charge in [-0.2, -0.15) is 0 Å². The van der Waals surface area contributed by atoms with Gasteiger partial charge in [0.2, 0.25) is 5.88 Å². The Bertz CT molecular complexity index is 762. The van der Waals surface area contributed by atoms with E-state index in [1.165, 1.54) is 13.3 Å². The molecule has 3 rings (SSSR count). The third-order valence-electron chi connectivity index (χ3n) is 4.08. The molecule has 1 aliphatic heterocycles. The van der Waals surface area contributed by atoms with Crippen LogP contribution in [0.4, 0.5) is 11.6 Å². The number of hydrogen-bond acceptors (Lipinski definition) is 8. The number of carbonyl (C=O) groups excluding carboxylic acids is 1. The van der Waals surface area contributed by atoms with Gasteiger partial charge in [-0.3, -0.25) is 4.79 Å². The van der Waals surface area contributed by atoms with Crippen molar-refractivity contribution in [3.05, 3.63) is 35.8 Å². The van der Waals surface area contributed by atoms with Gasteiger partial charge in [-0.25, -0.2) is 15.0 Å². The van der Waals surface area contributed by atoms with E-state index in [0.717, 1.165) is 24.7 Å². The largest absolute Gasteiger partial charge is 0.481 e. The van der Waals surface area contributed by atoms with Crippen molar-refractivity contribution in [2.24, 2.45) is 0 Å². The Morgan fingerprint density at radius 2 is 2.07 bits per heavy atom. The molecule has 0 radical (unpaired) electrons. The van der Waals surface area contributed by atoms with Crippen LogP contribution in [0, 0.1) is 6.92 Å². The predicted molar refractivity (Wildman–Crippen MR) is 101 cm³/mol. The first kappa shape index (κ1) is 18.8. The summed E-state index contributed by atoms with van der Waals surface area (Å²) in [4.78, 5) is 27.2. The highest BCUT2D eigenvalue weighted by molar-refractivity contribution is 5.93. The number of morpholine rings is 1. The Morgan fingerprint density at radius 3 is 2.78 bits per heavy atom. The van der Waals surface area contributed by atoms with Crippen LogP contribution >= 0.6 is 0 Å². The fourth-order valence-corrected chi connectivity index (χ4v) is 2.70. The van der Waals surface area contributed by atoms with Gasteiger partial charge in [0.15, 0.2) is 0 Å². The van der Waals surface area contributed by atoms with Crippen LogP contribution in [0.15, 0.2) is 24.4 Å². The number of amides is 1. The zero-order valence-corrected chi connectivity index (χ0v) is 15.6. The molecule has 1 fully saturated rings. The first-order chi connectivity index (χ1) is 13.2. The summed E-state index contributed by atoms with van der Waals surface area (Å²) < 4.78 is 10.4. The number of anilines is 2. The molecule has 0 aliphatic carbocycles. The quantitative estimate of drug-likeness (QED) is 0.691. The Morgan fingerprint density at radius 1 is 1.26 bits per heavy atom. The molecule has 0 bridgehead atoms. The number of rotatable bonds is 7. The molecule has 0 spiro atoms. The van der Waals surface area contributed by atoms with E-state index in [1.54, 1.807) is 12.1 Å². The van der Waals surface area contributed by atoms with Gasteiger partial charge in [0.25, 0.3) is 5.91 Å². The van der Waals surface area contributed by atoms with E-state index >= 15 is 0 Å². The van der Waals surface area contributed by atoms with E-state index in [-0.39, 0.29) is 5.91 Å². The maximum atomic E-state index is 12.1.